The summed E-state index contributed by atoms with van der Waals surface area (Å²) in [6.45, 7) is 3.26. The zero-order valence-electron chi connectivity index (χ0n) is 12.7. The van der Waals surface area contributed by atoms with Gasteiger partial charge in [0.05, 0.1) is 19.1 Å². The van der Waals surface area contributed by atoms with Gasteiger partial charge < -0.3 is 19.9 Å². The normalized spacial score (nSPS) is 14.9. The number of hydrogen-bond donors (Lipinski definition) is 2. The molecule has 1 rings (SSSR count). The Kier molecular flexibility index (Phi) is 5.72. The van der Waals surface area contributed by atoms with Gasteiger partial charge in [-0.05, 0) is 31.5 Å². The van der Waals surface area contributed by atoms with Gasteiger partial charge in [0.25, 0.3) is 0 Å². The highest BCUT2D eigenvalue weighted by atomic mass is 16.5. The molecule has 0 spiro atoms. The predicted octanol–water partition coefficient (Wildman–Crippen LogP) is 1.54. The quantitative estimate of drug-likeness (QED) is 0.797. The van der Waals surface area contributed by atoms with Crippen LogP contribution in [0, 0.1) is 0 Å². The van der Waals surface area contributed by atoms with Crippen molar-refractivity contribution < 1.29 is 24.2 Å². The molecule has 0 aliphatic heterocycles. The number of carbonyl (C=O) groups excluding carboxylic acids is 1. The second-order valence-electron chi connectivity index (χ2n) is 5.00. The van der Waals surface area contributed by atoms with Gasteiger partial charge in [0, 0.05) is 7.11 Å². The minimum atomic E-state index is -1.05. The van der Waals surface area contributed by atoms with Gasteiger partial charge >= 0.3 is 5.97 Å². The maximum atomic E-state index is 12.0. The number of nitrogens with one attached hydrogen (secondary N) is 1. The van der Waals surface area contributed by atoms with Gasteiger partial charge in [-0.3, -0.25) is 9.59 Å². The number of methoxy groups -OCH3 is 2. The van der Waals surface area contributed by atoms with E-state index >= 15 is 0 Å². The number of aliphatic carboxylic acids is 1. The molecule has 2 atom stereocenters. The van der Waals surface area contributed by atoms with Gasteiger partial charge in [0.2, 0.25) is 5.91 Å². The molecule has 1 amide bonds. The van der Waals surface area contributed by atoms with Crippen LogP contribution in [0.15, 0.2) is 24.3 Å². The summed E-state index contributed by atoms with van der Waals surface area (Å²) >= 11 is 0. The summed E-state index contributed by atoms with van der Waals surface area (Å²) in [6, 6.07) is 6.97. The van der Waals surface area contributed by atoms with E-state index in [-0.39, 0.29) is 12.3 Å². The van der Waals surface area contributed by atoms with E-state index in [0.29, 0.717) is 11.3 Å². The topological polar surface area (TPSA) is 84.9 Å². The molecular formula is C15H21NO5. The van der Waals surface area contributed by atoms with Crippen LogP contribution in [0.5, 0.6) is 5.75 Å². The summed E-state index contributed by atoms with van der Waals surface area (Å²) in [5, 5.41) is 11.9. The average molecular weight is 295 g/mol. The molecule has 0 bridgehead atoms. The van der Waals surface area contributed by atoms with Gasteiger partial charge in [-0.25, -0.2) is 0 Å². The molecule has 0 saturated heterocycles. The first-order valence-corrected chi connectivity index (χ1v) is 6.53. The van der Waals surface area contributed by atoms with Crippen molar-refractivity contribution in [1.82, 2.24) is 5.32 Å². The van der Waals surface area contributed by atoms with Gasteiger partial charge in [0.1, 0.15) is 11.9 Å². The molecular weight excluding hydrogens is 274 g/mol. The number of carboxylic acids is 1. The van der Waals surface area contributed by atoms with Crippen LogP contribution in [0.2, 0.25) is 0 Å². The average Bonchev–Trinajstić information content (AvgIpc) is 2.45. The standard InChI is InChI=1S/C15H21NO5/c1-10(20-3)14(19)16-15(2,9-13(17)18)11-6-5-7-12(8-11)21-4/h5-8,10H,9H2,1-4H3,(H,16,19)(H,17,18). The molecule has 0 radical (unpaired) electrons. The minimum Gasteiger partial charge on any atom is -0.497 e. The molecule has 116 valence electrons. The largest absolute Gasteiger partial charge is 0.497 e. The lowest BCUT2D eigenvalue weighted by Gasteiger charge is -2.31. The van der Waals surface area contributed by atoms with Crippen molar-refractivity contribution in [3.05, 3.63) is 29.8 Å². The molecule has 0 aromatic heterocycles. The van der Waals surface area contributed by atoms with Crippen LogP contribution in [-0.4, -0.2) is 37.3 Å². The molecule has 1 aromatic rings. The summed E-state index contributed by atoms with van der Waals surface area (Å²) in [5.74, 6) is -0.784. The lowest BCUT2D eigenvalue weighted by molar-refractivity contribution is -0.140. The first-order valence-electron chi connectivity index (χ1n) is 6.53. The SMILES string of the molecule is COc1cccc(C(C)(CC(=O)O)NC(=O)C(C)OC)c1. The minimum absolute atomic E-state index is 0.248. The monoisotopic (exact) mass is 295 g/mol. The van der Waals surface area contributed by atoms with E-state index in [1.807, 2.05) is 0 Å². The van der Waals surface area contributed by atoms with Crippen molar-refractivity contribution in [3.8, 4) is 5.75 Å². The highest BCUT2D eigenvalue weighted by Gasteiger charge is 2.33. The highest BCUT2D eigenvalue weighted by Crippen LogP contribution is 2.28. The van der Waals surface area contributed by atoms with E-state index in [1.165, 1.54) is 14.2 Å². The molecule has 0 saturated carbocycles. The Hall–Kier alpha value is -2.08. The van der Waals surface area contributed by atoms with E-state index in [1.54, 1.807) is 38.1 Å². The number of ether oxygens (including phenoxy) is 2. The second kappa shape index (κ2) is 7.08. The molecule has 2 N–H and O–H groups in total. The fourth-order valence-electron chi connectivity index (χ4n) is 1.97. The van der Waals surface area contributed by atoms with Gasteiger partial charge in [-0.15, -0.1) is 0 Å². The Labute approximate surface area is 124 Å². The fourth-order valence-corrected chi connectivity index (χ4v) is 1.97. The van der Waals surface area contributed by atoms with Crippen LogP contribution in [0.3, 0.4) is 0 Å². The van der Waals surface area contributed by atoms with E-state index in [9.17, 15) is 9.59 Å². The number of benzene rings is 1. The second-order valence-corrected chi connectivity index (χ2v) is 5.00. The summed E-state index contributed by atoms with van der Waals surface area (Å²) in [6.07, 6.45) is -0.911. The Morgan fingerprint density at radius 2 is 2.05 bits per heavy atom. The van der Waals surface area contributed by atoms with Crippen LogP contribution in [0.4, 0.5) is 0 Å². The van der Waals surface area contributed by atoms with Crippen molar-refractivity contribution in [2.24, 2.45) is 0 Å². The molecule has 0 heterocycles. The molecule has 6 heteroatoms. The molecule has 2 unspecified atom stereocenters. The first kappa shape index (κ1) is 17.0. The lowest BCUT2D eigenvalue weighted by Crippen LogP contribution is -2.48. The maximum Gasteiger partial charge on any atom is 0.306 e. The van der Waals surface area contributed by atoms with Crippen molar-refractivity contribution in [3.63, 3.8) is 0 Å². The third-order valence-electron chi connectivity index (χ3n) is 3.33. The number of carbonyl (C=O) groups is 2. The Bertz CT molecular complexity index is 517. The van der Waals surface area contributed by atoms with E-state index in [2.05, 4.69) is 5.32 Å². The Morgan fingerprint density at radius 1 is 1.38 bits per heavy atom. The molecule has 0 fully saturated rings. The van der Waals surface area contributed by atoms with Crippen LogP contribution >= 0.6 is 0 Å². The zero-order valence-corrected chi connectivity index (χ0v) is 12.7. The van der Waals surface area contributed by atoms with Crippen molar-refractivity contribution in [2.45, 2.75) is 31.9 Å². The molecule has 0 aliphatic carbocycles. The van der Waals surface area contributed by atoms with E-state index in [0.717, 1.165) is 0 Å². The van der Waals surface area contributed by atoms with Crippen LogP contribution in [0.1, 0.15) is 25.8 Å². The third kappa shape index (κ3) is 4.46. The highest BCUT2D eigenvalue weighted by molar-refractivity contribution is 5.82. The summed E-state index contributed by atoms with van der Waals surface area (Å²) < 4.78 is 10.1. The van der Waals surface area contributed by atoms with Crippen LogP contribution < -0.4 is 10.1 Å². The fraction of sp³-hybridized carbons (Fsp3) is 0.467. The first-order chi connectivity index (χ1) is 9.82. The molecule has 1 aromatic carbocycles. The summed E-state index contributed by atoms with van der Waals surface area (Å²) in [5.41, 5.74) is -0.398. The number of hydrogen-bond acceptors (Lipinski definition) is 4. The molecule has 6 nitrogen and oxygen atoms in total. The predicted molar refractivity (Wildman–Crippen MR) is 77.2 cm³/mol. The zero-order chi connectivity index (χ0) is 16.0. The van der Waals surface area contributed by atoms with Gasteiger partial charge in [-0.2, -0.15) is 0 Å². The van der Waals surface area contributed by atoms with E-state index in [4.69, 9.17) is 14.6 Å². The van der Waals surface area contributed by atoms with Crippen molar-refractivity contribution in [1.29, 1.82) is 0 Å². The number of carboxylic acid groups (broad SMARTS) is 1. The third-order valence-corrected chi connectivity index (χ3v) is 3.33. The summed E-state index contributed by atoms with van der Waals surface area (Å²) in [4.78, 5) is 23.2. The van der Waals surface area contributed by atoms with Crippen molar-refractivity contribution in [2.75, 3.05) is 14.2 Å². The van der Waals surface area contributed by atoms with Crippen LogP contribution in [0.25, 0.3) is 0 Å². The van der Waals surface area contributed by atoms with Gasteiger partial charge in [0.15, 0.2) is 0 Å². The Balaban J connectivity index is 3.13. The Morgan fingerprint density at radius 3 is 2.57 bits per heavy atom. The number of amides is 1. The maximum absolute atomic E-state index is 12.0. The molecule has 21 heavy (non-hydrogen) atoms. The lowest BCUT2D eigenvalue weighted by atomic mass is 9.88. The molecule has 0 aliphatic rings. The number of rotatable bonds is 7. The smallest absolute Gasteiger partial charge is 0.306 e. The van der Waals surface area contributed by atoms with E-state index < -0.39 is 17.6 Å². The van der Waals surface area contributed by atoms with Crippen LogP contribution in [-0.2, 0) is 19.9 Å². The van der Waals surface area contributed by atoms with Crippen molar-refractivity contribution >= 4 is 11.9 Å². The summed E-state index contributed by atoms with van der Waals surface area (Å²) in [7, 11) is 2.95. The van der Waals surface area contributed by atoms with Gasteiger partial charge in [-0.1, -0.05) is 12.1 Å².